The first kappa shape index (κ1) is 23.7. The lowest BCUT2D eigenvalue weighted by molar-refractivity contribution is -0.115. The molecule has 1 aliphatic heterocycles. The summed E-state index contributed by atoms with van der Waals surface area (Å²) in [5, 5.41) is 4.54. The summed E-state index contributed by atoms with van der Waals surface area (Å²) >= 11 is 1.45. The fourth-order valence-corrected chi connectivity index (χ4v) is 6.57. The predicted molar refractivity (Wildman–Crippen MR) is 134 cm³/mol. The van der Waals surface area contributed by atoms with E-state index in [9.17, 15) is 13.2 Å². The van der Waals surface area contributed by atoms with Crippen LogP contribution in [0, 0.1) is 6.92 Å². The normalized spacial score (nSPS) is 15.9. The molecule has 0 spiro atoms. The molecule has 1 amide bonds. The van der Waals surface area contributed by atoms with E-state index >= 15 is 0 Å². The molecule has 1 saturated heterocycles. The van der Waals surface area contributed by atoms with Gasteiger partial charge in [-0.25, -0.2) is 13.4 Å². The highest BCUT2D eigenvalue weighted by Gasteiger charge is 2.26. The maximum absolute atomic E-state index is 12.9. The Morgan fingerprint density at radius 2 is 1.79 bits per heavy atom. The Kier molecular flexibility index (Phi) is 7.36. The average Bonchev–Trinajstić information content (AvgIpc) is 2.83. The molecule has 3 aromatic rings. The molecular formula is C25H29N3O3S2. The second kappa shape index (κ2) is 10.2. The van der Waals surface area contributed by atoms with Crippen molar-refractivity contribution in [2.75, 3.05) is 18.4 Å². The number of carbonyl (C=O) groups is 1. The standard InChI is InChI=1S/C25H29N3O3S2/c1-3-23(32-24-17-18(2)21-9-5-6-10-22(21)27-24)25(29)26-19-11-13-20(14-12-19)33(30,31)28-15-7-4-8-16-28/h5-6,9-14,17,23H,3-4,7-8,15-16H2,1-2H3,(H,26,29). The number of carbonyl (C=O) groups excluding carboxylic acids is 1. The number of amides is 1. The van der Waals surface area contributed by atoms with Gasteiger partial charge in [-0.3, -0.25) is 4.79 Å². The number of sulfonamides is 1. The van der Waals surface area contributed by atoms with Crippen molar-refractivity contribution in [3.63, 3.8) is 0 Å². The van der Waals surface area contributed by atoms with Crippen molar-refractivity contribution in [2.45, 2.75) is 54.7 Å². The number of fused-ring (bicyclic) bond motifs is 1. The first-order chi connectivity index (χ1) is 15.9. The molecule has 33 heavy (non-hydrogen) atoms. The summed E-state index contributed by atoms with van der Waals surface area (Å²) in [6, 6.07) is 16.5. The molecule has 1 fully saturated rings. The van der Waals surface area contributed by atoms with Crippen LogP contribution in [0.15, 0.2) is 64.5 Å². The summed E-state index contributed by atoms with van der Waals surface area (Å²) in [4.78, 5) is 17.9. The molecule has 1 aromatic heterocycles. The van der Waals surface area contributed by atoms with Gasteiger partial charge in [-0.05, 0) is 68.1 Å². The van der Waals surface area contributed by atoms with Crippen molar-refractivity contribution in [3.05, 3.63) is 60.2 Å². The van der Waals surface area contributed by atoms with Crippen molar-refractivity contribution < 1.29 is 13.2 Å². The van der Waals surface area contributed by atoms with E-state index in [0.29, 0.717) is 25.2 Å². The molecular weight excluding hydrogens is 454 g/mol. The van der Waals surface area contributed by atoms with Gasteiger partial charge in [0, 0.05) is 24.2 Å². The number of para-hydroxylation sites is 1. The summed E-state index contributed by atoms with van der Waals surface area (Å²) < 4.78 is 27.2. The van der Waals surface area contributed by atoms with Crippen LogP contribution in [-0.4, -0.2) is 42.0 Å². The van der Waals surface area contributed by atoms with Gasteiger partial charge >= 0.3 is 0 Å². The van der Waals surface area contributed by atoms with Crippen LogP contribution in [0.1, 0.15) is 38.2 Å². The van der Waals surface area contributed by atoms with Crippen LogP contribution in [0.3, 0.4) is 0 Å². The molecule has 0 aliphatic carbocycles. The Bertz CT molecular complexity index is 1240. The van der Waals surface area contributed by atoms with E-state index in [1.54, 1.807) is 28.6 Å². The molecule has 1 atom stereocenters. The summed E-state index contributed by atoms with van der Waals surface area (Å²) in [6.07, 6.45) is 3.51. The lowest BCUT2D eigenvalue weighted by atomic mass is 10.1. The first-order valence-electron chi connectivity index (χ1n) is 11.3. The predicted octanol–water partition coefficient (Wildman–Crippen LogP) is 5.23. The summed E-state index contributed by atoms with van der Waals surface area (Å²) in [7, 11) is -3.48. The largest absolute Gasteiger partial charge is 0.325 e. The molecule has 0 radical (unpaired) electrons. The van der Waals surface area contributed by atoms with Crippen molar-refractivity contribution in [1.29, 1.82) is 0 Å². The highest BCUT2D eigenvalue weighted by Crippen LogP contribution is 2.29. The number of aromatic nitrogens is 1. The van der Waals surface area contributed by atoms with Crippen LogP contribution in [0.5, 0.6) is 0 Å². The van der Waals surface area contributed by atoms with Gasteiger partial charge in [0.1, 0.15) is 0 Å². The molecule has 0 bridgehead atoms. The second-order valence-corrected chi connectivity index (χ2v) is 11.4. The summed E-state index contributed by atoms with van der Waals surface area (Å²) in [5.41, 5.74) is 2.63. The Hall–Kier alpha value is -2.42. The Balaban J connectivity index is 1.44. The summed E-state index contributed by atoms with van der Waals surface area (Å²) in [5.74, 6) is -0.123. The number of nitrogens with zero attached hydrogens (tertiary/aromatic N) is 2. The average molecular weight is 484 g/mol. The topological polar surface area (TPSA) is 79.4 Å². The van der Waals surface area contributed by atoms with E-state index in [1.807, 2.05) is 37.3 Å². The van der Waals surface area contributed by atoms with Crippen LogP contribution in [-0.2, 0) is 14.8 Å². The SMILES string of the molecule is CCC(Sc1cc(C)c2ccccc2n1)C(=O)Nc1ccc(S(=O)(=O)N2CCCCC2)cc1. The van der Waals surface area contributed by atoms with Gasteiger partial charge < -0.3 is 5.32 Å². The molecule has 1 unspecified atom stereocenters. The third-order valence-corrected chi connectivity index (χ3v) is 9.10. The maximum Gasteiger partial charge on any atom is 0.243 e. The molecule has 1 N–H and O–H groups in total. The fraction of sp³-hybridized carbons (Fsp3) is 0.360. The van der Waals surface area contributed by atoms with Gasteiger partial charge in [0.05, 0.1) is 20.7 Å². The van der Waals surface area contributed by atoms with Gasteiger partial charge in [0.15, 0.2) is 0 Å². The minimum absolute atomic E-state index is 0.123. The minimum Gasteiger partial charge on any atom is -0.325 e. The van der Waals surface area contributed by atoms with Crippen LogP contribution in [0.2, 0.25) is 0 Å². The van der Waals surface area contributed by atoms with Gasteiger partial charge in [-0.1, -0.05) is 43.3 Å². The zero-order chi connectivity index (χ0) is 23.4. The maximum atomic E-state index is 12.9. The molecule has 174 valence electrons. The van der Waals surface area contributed by atoms with Crippen LogP contribution >= 0.6 is 11.8 Å². The molecule has 0 saturated carbocycles. The first-order valence-corrected chi connectivity index (χ1v) is 13.6. The van der Waals surface area contributed by atoms with Crippen molar-refractivity contribution in [3.8, 4) is 0 Å². The van der Waals surface area contributed by atoms with Crippen LogP contribution < -0.4 is 5.32 Å². The van der Waals surface area contributed by atoms with Gasteiger partial charge in [-0.2, -0.15) is 4.31 Å². The Morgan fingerprint density at radius 1 is 1.09 bits per heavy atom. The molecule has 2 aromatic carbocycles. The number of pyridine rings is 1. The lowest BCUT2D eigenvalue weighted by Gasteiger charge is -2.25. The number of piperidine rings is 1. The lowest BCUT2D eigenvalue weighted by Crippen LogP contribution is -2.35. The number of aryl methyl sites for hydroxylation is 1. The number of anilines is 1. The van der Waals surface area contributed by atoms with Crippen LogP contribution in [0.25, 0.3) is 10.9 Å². The highest BCUT2D eigenvalue weighted by molar-refractivity contribution is 8.00. The Morgan fingerprint density at radius 3 is 2.48 bits per heavy atom. The van der Waals surface area contributed by atoms with E-state index in [1.165, 1.54) is 11.8 Å². The van der Waals surface area contributed by atoms with E-state index < -0.39 is 10.0 Å². The smallest absolute Gasteiger partial charge is 0.243 e. The van der Waals surface area contributed by atoms with E-state index in [4.69, 9.17) is 4.98 Å². The molecule has 6 nitrogen and oxygen atoms in total. The molecule has 1 aliphatic rings. The minimum atomic E-state index is -3.48. The van der Waals surface area contributed by atoms with Gasteiger partial charge in [-0.15, -0.1) is 0 Å². The number of nitrogens with one attached hydrogen (secondary N) is 1. The van der Waals surface area contributed by atoms with E-state index in [2.05, 4.69) is 12.2 Å². The number of rotatable bonds is 7. The number of thioether (sulfide) groups is 1. The quantitative estimate of drug-likeness (QED) is 0.466. The Labute approximate surface area is 199 Å². The number of hydrogen-bond acceptors (Lipinski definition) is 5. The van der Waals surface area contributed by atoms with Gasteiger partial charge in [0.25, 0.3) is 0 Å². The van der Waals surface area contributed by atoms with E-state index in [-0.39, 0.29) is 16.1 Å². The van der Waals surface area contributed by atoms with Crippen molar-refractivity contribution in [1.82, 2.24) is 9.29 Å². The zero-order valence-corrected chi connectivity index (χ0v) is 20.6. The van der Waals surface area contributed by atoms with Crippen LogP contribution in [0.4, 0.5) is 5.69 Å². The number of benzene rings is 2. The molecule has 2 heterocycles. The third kappa shape index (κ3) is 5.39. The fourth-order valence-electron chi connectivity index (χ4n) is 4.03. The molecule has 8 heteroatoms. The zero-order valence-electron chi connectivity index (χ0n) is 19.0. The van der Waals surface area contributed by atoms with Crippen molar-refractivity contribution in [2.24, 2.45) is 0 Å². The van der Waals surface area contributed by atoms with E-state index in [0.717, 1.165) is 40.8 Å². The highest BCUT2D eigenvalue weighted by atomic mass is 32.2. The summed E-state index contributed by atoms with van der Waals surface area (Å²) in [6.45, 7) is 5.16. The van der Waals surface area contributed by atoms with Gasteiger partial charge in [0.2, 0.25) is 15.9 Å². The van der Waals surface area contributed by atoms with Crippen molar-refractivity contribution >= 4 is 44.3 Å². The molecule has 4 rings (SSSR count). The monoisotopic (exact) mass is 483 g/mol. The second-order valence-electron chi connectivity index (χ2n) is 8.29. The third-order valence-electron chi connectivity index (χ3n) is 5.90. The number of hydrogen-bond donors (Lipinski definition) is 1.